The zero-order valence-corrected chi connectivity index (χ0v) is 9.40. The van der Waals surface area contributed by atoms with Gasteiger partial charge in [0, 0.05) is 12.7 Å². The number of anilines is 1. The first-order valence-electron chi connectivity index (χ1n) is 5.13. The van der Waals surface area contributed by atoms with Crippen LogP contribution in [0.15, 0.2) is 12.3 Å². The number of nitrogens with two attached hydrogens (primary N) is 1. The fraction of sp³-hybridized carbons (Fsp3) is 0.600. The van der Waals surface area contributed by atoms with Gasteiger partial charge >= 0.3 is 0 Å². The molecular weight excluding hydrogens is 190 g/mol. The van der Waals surface area contributed by atoms with E-state index in [4.69, 9.17) is 5.73 Å². The van der Waals surface area contributed by atoms with Crippen molar-refractivity contribution in [2.45, 2.75) is 13.0 Å². The number of hydrogen-bond donors (Lipinski definition) is 2. The van der Waals surface area contributed by atoms with Crippen molar-refractivity contribution in [1.82, 2.24) is 14.9 Å². The smallest absolute Gasteiger partial charge is 0.144 e. The molecule has 84 valence electrons. The van der Waals surface area contributed by atoms with Crippen molar-refractivity contribution >= 4 is 5.82 Å². The van der Waals surface area contributed by atoms with Crippen LogP contribution < -0.4 is 11.1 Å². The van der Waals surface area contributed by atoms with Gasteiger partial charge in [-0.05, 0) is 33.1 Å². The molecule has 0 bridgehead atoms. The minimum atomic E-state index is 0.382. The van der Waals surface area contributed by atoms with E-state index >= 15 is 0 Å². The Bertz CT molecular complexity index is 287. The summed E-state index contributed by atoms with van der Waals surface area (Å²) in [5, 5.41) is 3.24. The van der Waals surface area contributed by atoms with Crippen LogP contribution in [-0.4, -0.2) is 42.1 Å². The van der Waals surface area contributed by atoms with Gasteiger partial charge in [0.15, 0.2) is 0 Å². The Morgan fingerprint density at radius 2 is 2.27 bits per heavy atom. The number of nitrogens with zero attached hydrogens (tertiary/aromatic N) is 3. The molecule has 0 aliphatic carbocycles. The van der Waals surface area contributed by atoms with Crippen molar-refractivity contribution in [3.8, 4) is 0 Å². The number of aromatic nitrogens is 2. The normalized spacial score (nSPS) is 10.7. The van der Waals surface area contributed by atoms with Gasteiger partial charge < -0.3 is 16.0 Å². The van der Waals surface area contributed by atoms with Crippen molar-refractivity contribution in [2.75, 3.05) is 32.5 Å². The summed E-state index contributed by atoms with van der Waals surface area (Å²) in [7, 11) is 4.13. The van der Waals surface area contributed by atoms with E-state index in [-0.39, 0.29) is 0 Å². The van der Waals surface area contributed by atoms with Crippen LogP contribution in [0.25, 0.3) is 0 Å². The van der Waals surface area contributed by atoms with Gasteiger partial charge in [0.25, 0.3) is 0 Å². The molecule has 15 heavy (non-hydrogen) atoms. The molecule has 1 rings (SSSR count). The quantitative estimate of drug-likeness (QED) is 0.660. The third-order valence-corrected chi connectivity index (χ3v) is 1.98. The summed E-state index contributed by atoms with van der Waals surface area (Å²) in [4.78, 5) is 10.4. The maximum absolute atomic E-state index is 5.45. The lowest BCUT2D eigenvalue weighted by Crippen LogP contribution is -2.17. The monoisotopic (exact) mass is 209 g/mol. The Balaban J connectivity index is 2.30. The van der Waals surface area contributed by atoms with Crippen LogP contribution in [0.5, 0.6) is 0 Å². The Hall–Kier alpha value is -1.20. The molecule has 0 amide bonds. The Labute approximate surface area is 90.7 Å². The van der Waals surface area contributed by atoms with Crippen molar-refractivity contribution in [3.63, 3.8) is 0 Å². The molecule has 0 radical (unpaired) electrons. The first-order chi connectivity index (χ1) is 7.22. The average Bonchev–Trinajstić information content (AvgIpc) is 2.24. The Morgan fingerprint density at radius 3 is 2.93 bits per heavy atom. The summed E-state index contributed by atoms with van der Waals surface area (Å²) in [5.41, 5.74) is 5.45. The van der Waals surface area contributed by atoms with E-state index in [9.17, 15) is 0 Å². The third kappa shape index (κ3) is 4.71. The molecule has 0 unspecified atom stereocenters. The number of rotatable bonds is 6. The fourth-order valence-corrected chi connectivity index (χ4v) is 1.21. The second kappa shape index (κ2) is 6.31. The Kier molecular flexibility index (Phi) is 5.00. The molecule has 3 N–H and O–H groups in total. The summed E-state index contributed by atoms with van der Waals surface area (Å²) in [5.74, 6) is 1.52. The minimum Gasteiger partial charge on any atom is -0.370 e. The SMILES string of the molecule is CN(C)CCCNc1ccnc(CN)n1. The van der Waals surface area contributed by atoms with Gasteiger partial charge in [0.2, 0.25) is 0 Å². The molecule has 0 aromatic carbocycles. The molecular formula is C10H19N5. The van der Waals surface area contributed by atoms with Crippen LogP contribution in [0.3, 0.4) is 0 Å². The lowest BCUT2D eigenvalue weighted by Gasteiger charge is -2.10. The van der Waals surface area contributed by atoms with Gasteiger partial charge in [-0.2, -0.15) is 0 Å². The van der Waals surface area contributed by atoms with Gasteiger partial charge in [0.1, 0.15) is 11.6 Å². The molecule has 0 saturated heterocycles. The first-order valence-corrected chi connectivity index (χ1v) is 5.13. The van der Waals surface area contributed by atoms with Crippen LogP contribution in [0.1, 0.15) is 12.2 Å². The zero-order valence-electron chi connectivity index (χ0n) is 9.40. The molecule has 0 atom stereocenters. The summed E-state index contributed by atoms with van der Waals surface area (Å²) in [6, 6.07) is 1.86. The predicted molar refractivity (Wildman–Crippen MR) is 61.6 cm³/mol. The lowest BCUT2D eigenvalue weighted by atomic mass is 10.4. The topological polar surface area (TPSA) is 67.1 Å². The van der Waals surface area contributed by atoms with Crippen LogP contribution in [0, 0.1) is 0 Å². The number of nitrogens with one attached hydrogen (secondary N) is 1. The summed E-state index contributed by atoms with van der Waals surface area (Å²) in [6.45, 7) is 2.37. The molecule has 1 aromatic heterocycles. The third-order valence-electron chi connectivity index (χ3n) is 1.98. The maximum atomic E-state index is 5.45. The molecule has 0 saturated carbocycles. The number of hydrogen-bond acceptors (Lipinski definition) is 5. The largest absolute Gasteiger partial charge is 0.370 e. The van der Waals surface area contributed by atoms with Gasteiger partial charge in [-0.15, -0.1) is 0 Å². The second-order valence-electron chi connectivity index (χ2n) is 3.65. The molecule has 0 spiro atoms. The van der Waals surface area contributed by atoms with Crippen molar-refractivity contribution in [1.29, 1.82) is 0 Å². The lowest BCUT2D eigenvalue weighted by molar-refractivity contribution is 0.405. The van der Waals surface area contributed by atoms with Gasteiger partial charge in [-0.3, -0.25) is 0 Å². The first kappa shape index (κ1) is 11.9. The maximum Gasteiger partial charge on any atom is 0.144 e. The Morgan fingerprint density at radius 1 is 1.47 bits per heavy atom. The molecule has 1 aromatic rings. The minimum absolute atomic E-state index is 0.382. The van der Waals surface area contributed by atoms with E-state index in [0.717, 1.165) is 25.3 Å². The van der Waals surface area contributed by atoms with Crippen molar-refractivity contribution in [2.24, 2.45) is 5.73 Å². The van der Waals surface area contributed by atoms with E-state index in [1.165, 1.54) is 0 Å². The summed E-state index contributed by atoms with van der Waals surface area (Å²) in [6.07, 6.45) is 2.82. The van der Waals surface area contributed by atoms with Gasteiger partial charge in [-0.25, -0.2) is 9.97 Å². The van der Waals surface area contributed by atoms with Gasteiger partial charge in [-0.1, -0.05) is 0 Å². The summed E-state index contributed by atoms with van der Waals surface area (Å²) >= 11 is 0. The average molecular weight is 209 g/mol. The van der Waals surface area contributed by atoms with E-state index in [2.05, 4.69) is 34.3 Å². The summed E-state index contributed by atoms with van der Waals surface area (Å²) < 4.78 is 0. The molecule has 1 heterocycles. The predicted octanol–water partition coefficient (Wildman–Crippen LogP) is 0.299. The van der Waals surface area contributed by atoms with E-state index in [0.29, 0.717) is 12.4 Å². The molecule has 0 aliphatic rings. The highest BCUT2D eigenvalue weighted by atomic mass is 15.1. The van der Waals surface area contributed by atoms with Crippen LogP contribution in [0.2, 0.25) is 0 Å². The molecule has 0 aliphatic heterocycles. The van der Waals surface area contributed by atoms with Crippen LogP contribution >= 0.6 is 0 Å². The highest BCUT2D eigenvalue weighted by Crippen LogP contribution is 2.01. The molecule has 5 heteroatoms. The van der Waals surface area contributed by atoms with Crippen LogP contribution in [0.4, 0.5) is 5.82 Å². The molecule has 5 nitrogen and oxygen atoms in total. The van der Waals surface area contributed by atoms with Gasteiger partial charge in [0.05, 0.1) is 6.54 Å². The van der Waals surface area contributed by atoms with E-state index in [1.807, 2.05) is 6.07 Å². The van der Waals surface area contributed by atoms with Crippen LogP contribution in [-0.2, 0) is 6.54 Å². The molecule has 0 fully saturated rings. The standard InChI is InChI=1S/C10H19N5/c1-15(2)7-3-5-12-9-4-6-13-10(8-11)14-9/h4,6H,3,5,7-8,11H2,1-2H3,(H,12,13,14). The highest BCUT2D eigenvalue weighted by molar-refractivity contribution is 5.32. The zero-order chi connectivity index (χ0) is 11.1. The van der Waals surface area contributed by atoms with Crippen molar-refractivity contribution < 1.29 is 0 Å². The van der Waals surface area contributed by atoms with Crippen molar-refractivity contribution in [3.05, 3.63) is 18.1 Å². The van der Waals surface area contributed by atoms with E-state index in [1.54, 1.807) is 6.20 Å². The highest BCUT2D eigenvalue weighted by Gasteiger charge is 1.96. The fourth-order valence-electron chi connectivity index (χ4n) is 1.21. The second-order valence-corrected chi connectivity index (χ2v) is 3.65. The van der Waals surface area contributed by atoms with E-state index < -0.39 is 0 Å².